The Morgan fingerprint density at radius 3 is 2.89 bits per heavy atom. The van der Waals surface area contributed by atoms with E-state index in [1.165, 1.54) is 0 Å². The molecule has 0 spiro atoms. The van der Waals surface area contributed by atoms with Crippen LogP contribution in [0.5, 0.6) is 0 Å². The van der Waals surface area contributed by atoms with Gasteiger partial charge in [0, 0.05) is 28.8 Å². The van der Waals surface area contributed by atoms with Crippen molar-refractivity contribution in [3.8, 4) is 0 Å². The van der Waals surface area contributed by atoms with E-state index in [2.05, 4.69) is 41.4 Å². The molecule has 0 bridgehead atoms. The molecule has 94 valence electrons. The van der Waals surface area contributed by atoms with Gasteiger partial charge >= 0.3 is 0 Å². The molecule has 1 amide bonds. The third-order valence-electron chi connectivity index (χ3n) is 2.54. The molecule has 2 N–H and O–H groups in total. The summed E-state index contributed by atoms with van der Waals surface area (Å²) in [5.41, 5.74) is 4.73. The van der Waals surface area contributed by atoms with E-state index in [-0.39, 0.29) is 5.91 Å². The molecule has 1 aliphatic heterocycles. The van der Waals surface area contributed by atoms with Crippen LogP contribution in [0.4, 0.5) is 0 Å². The van der Waals surface area contributed by atoms with E-state index in [9.17, 15) is 4.79 Å². The van der Waals surface area contributed by atoms with E-state index in [0.29, 0.717) is 17.0 Å². The van der Waals surface area contributed by atoms with Gasteiger partial charge in [0.05, 0.1) is 11.8 Å². The van der Waals surface area contributed by atoms with Gasteiger partial charge < -0.3 is 4.98 Å². The Hall–Kier alpha value is -2.28. The highest BCUT2D eigenvalue weighted by Crippen LogP contribution is 2.18. The van der Waals surface area contributed by atoms with Crippen molar-refractivity contribution in [2.24, 2.45) is 5.10 Å². The first kappa shape index (κ1) is 11.8. The minimum absolute atomic E-state index is 0.258. The fourth-order valence-electron chi connectivity index (χ4n) is 1.71. The summed E-state index contributed by atoms with van der Waals surface area (Å²) < 4.78 is 0.913. The molecular weight excluding hydrogens is 310 g/mol. The third kappa shape index (κ3) is 2.32. The van der Waals surface area contributed by atoms with Gasteiger partial charge in [-0.1, -0.05) is 0 Å². The second kappa shape index (κ2) is 4.77. The second-order valence-electron chi connectivity index (χ2n) is 3.82. The van der Waals surface area contributed by atoms with Crippen LogP contribution >= 0.6 is 15.9 Å². The van der Waals surface area contributed by atoms with Gasteiger partial charge in [-0.05, 0) is 28.1 Å². The molecule has 6 nitrogen and oxygen atoms in total. The molecule has 3 rings (SSSR count). The van der Waals surface area contributed by atoms with Crippen molar-refractivity contribution in [1.82, 2.24) is 20.4 Å². The summed E-state index contributed by atoms with van der Waals surface area (Å²) in [5, 5.41) is 3.99. The van der Waals surface area contributed by atoms with Crippen LogP contribution in [0.15, 0.2) is 46.0 Å². The lowest BCUT2D eigenvalue weighted by molar-refractivity contribution is -0.116. The van der Waals surface area contributed by atoms with Crippen LogP contribution in [0.1, 0.15) is 11.4 Å². The van der Waals surface area contributed by atoms with Gasteiger partial charge in [0.1, 0.15) is 11.4 Å². The molecule has 0 fully saturated rings. The van der Waals surface area contributed by atoms with Gasteiger partial charge in [-0.2, -0.15) is 5.10 Å². The quantitative estimate of drug-likeness (QED) is 0.823. The van der Waals surface area contributed by atoms with E-state index in [4.69, 9.17) is 0 Å². The predicted molar refractivity (Wildman–Crippen MR) is 73.2 cm³/mol. The summed E-state index contributed by atoms with van der Waals surface area (Å²) in [6.07, 6.45) is 8.21. The Labute approximate surface area is 116 Å². The molecule has 3 heterocycles. The van der Waals surface area contributed by atoms with Gasteiger partial charge in [0.15, 0.2) is 0 Å². The number of hydrogen-bond donors (Lipinski definition) is 2. The fourth-order valence-corrected chi connectivity index (χ4v) is 2.07. The summed E-state index contributed by atoms with van der Waals surface area (Å²) in [4.78, 5) is 23.0. The Balaban J connectivity index is 2.01. The van der Waals surface area contributed by atoms with E-state index in [1.807, 2.05) is 6.07 Å². The molecule has 7 heteroatoms. The first-order chi connectivity index (χ1) is 9.24. The molecule has 2 aromatic heterocycles. The largest absolute Gasteiger partial charge is 0.361 e. The van der Waals surface area contributed by atoms with E-state index >= 15 is 0 Å². The number of hydrogen-bond acceptors (Lipinski definition) is 4. The standard InChI is InChI=1S/C12H8BrN5O/c13-7-3-8(16-5-7)4-9-11(17-18-12(9)19)10-6-14-1-2-15-10/h1-6,16H,(H,18,19)/b9-4+. The number of carbonyl (C=O) groups is 1. The number of aromatic amines is 1. The maximum atomic E-state index is 11.8. The van der Waals surface area contributed by atoms with Gasteiger partial charge in [0.25, 0.3) is 5.91 Å². The lowest BCUT2D eigenvalue weighted by Gasteiger charge is -1.99. The van der Waals surface area contributed by atoms with Crippen LogP contribution in [0, 0.1) is 0 Å². The number of H-pyrrole nitrogens is 1. The monoisotopic (exact) mass is 317 g/mol. The van der Waals surface area contributed by atoms with Crippen molar-refractivity contribution in [2.45, 2.75) is 0 Å². The van der Waals surface area contributed by atoms with E-state index < -0.39 is 0 Å². The zero-order chi connectivity index (χ0) is 13.2. The SMILES string of the molecule is O=C1NN=C(c2cnccn2)/C1=C\c1cc(Br)c[nH]1. The molecule has 0 aliphatic carbocycles. The summed E-state index contributed by atoms with van der Waals surface area (Å²) in [5.74, 6) is -0.258. The Morgan fingerprint density at radius 2 is 2.21 bits per heavy atom. The molecule has 0 saturated heterocycles. The lowest BCUT2D eigenvalue weighted by atomic mass is 10.1. The van der Waals surface area contributed by atoms with Gasteiger partial charge in [-0.3, -0.25) is 14.8 Å². The molecule has 2 aromatic rings. The number of nitrogens with zero attached hydrogens (tertiary/aromatic N) is 3. The molecule has 0 unspecified atom stereocenters. The highest BCUT2D eigenvalue weighted by Gasteiger charge is 2.25. The number of amides is 1. The van der Waals surface area contributed by atoms with Crippen molar-refractivity contribution in [2.75, 3.05) is 0 Å². The zero-order valence-corrected chi connectivity index (χ0v) is 11.2. The summed E-state index contributed by atoms with van der Waals surface area (Å²) >= 11 is 3.34. The first-order valence-corrected chi connectivity index (χ1v) is 6.24. The van der Waals surface area contributed by atoms with Crippen molar-refractivity contribution in [1.29, 1.82) is 0 Å². The minimum atomic E-state index is -0.258. The van der Waals surface area contributed by atoms with E-state index in [1.54, 1.807) is 30.9 Å². The highest BCUT2D eigenvalue weighted by atomic mass is 79.9. The van der Waals surface area contributed by atoms with Crippen LogP contribution in [-0.4, -0.2) is 26.6 Å². The summed E-state index contributed by atoms with van der Waals surface area (Å²) in [6.45, 7) is 0. The molecule has 19 heavy (non-hydrogen) atoms. The first-order valence-electron chi connectivity index (χ1n) is 5.44. The predicted octanol–water partition coefficient (Wildman–Crippen LogP) is 1.48. The minimum Gasteiger partial charge on any atom is -0.361 e. The number of hydrazone groups is 1. The highest BCUT2D eigenvalue weighted by molar-refractivity contribution is 9.10. The summed E-state index contributed by atoms with van der Waals surface area (Å²) in [6, 6.07) is 1.87. The molecule has 0 atom stereocenters. The number of nitrogens with one attached hydrogen (secondary N) is 2. The molecule has 0 radical (unpaired) electrons. The molecular formula is C12H8BrN5O. The number of halogens is 1. The average Bonchev–Trinajstić information content (AvgIpc) is 2.99. The molecule has 1 aliphatic rings. The lowest BCUT2D eigenvalue weighted by Crippen LogP contribution is -2.14. The maximum Gasteiger partial charge on any atom is 0.273 e. The number of rotatable bonds is 2. The number of carbonyl (C=O) groups excluding carboxylic acids is 1. The fraction of sp³-hybridized carbons (Fsp3) is 0. The Kier molecular flexibility index (Phi) is 2.96. The van der Waals surface area contributed by atoms with Crippen molar-refractivity contribution in [3.63, 3.8) is 0 Å². The Bertz CT molecular complexity index is 689. The smallest absolute Gasteiger partial charge is 0.273 e. The second-order valence-corrected chi connectivity index (χ2v) is 4.74. The van der Waals surface area contributed by atoms with Crippen LogP contribution < -0.4 is 5.43 Å². The van der Waals surface area contributed by atoms with Crippen molar-refractivity contribution < 1.29 is 4.79 Å². The number of aromatic nitrogens is 3. The topological polar surface area (TPSA) is 83.0 Å². The van der Waals surface area contributed by atoms with Crippen LogP contribution in [0.25, 0.3) is 6.08 Å². The summed E-state index contributed by atoms with van der Waals surface area (Å²) in [7, 11) is 0. The van der Waals surface area contributed by atoms with Crippen molar-refractivity contribution in [3.05, 3.63) is 52.3 Å². The van der Waals surface area contributed by atoms with Gasteiger partial charge in [0.2, 0.25) is 0 Å². The third-order valence-corrected chi connectivity index (χ3v) is 3.00. The Morgan fingerprint density at radius 1 is 1.32 bits per heavy atom. The van der Waals surface area contributed by atoms with Crippen LogP contribution in [0.3, 0.4) is 0 Å². The zero-order valence-electron chi connectivity index (χ0n) is 9.59. The molecule has 0 saturated carbocycles. The van der Waals surface area contributed by atoms with Crippen LogP contribution in [-0.2, 0) is 4.79 Å². The average molecular weight is 318 g/mol. The maximum absolute atomic E-state index is 11.8. The molecule has 0 aromatic carbocycles. The normalized spacial score (nSPS) is 16.6. The van der Waals surface area contributed by atoms with Gasteiger partial charge in [-0.25, -0.2) is 5.43 Å². The van der Waals surface area contributed by atoms with E-state index in [0.717, 1.165) is 10.2 Å². The van der Waals surface area contributed by atoms with Crippen molar-refractivity contribution >= 4 is 33.6 Å². The van der Waals surface area contributed by atoms with Gasteiger partial charge in [-0.15, -0.1) is 0 Å². The van der Waals surface area contributed by atoms with Crippen LogP contribution in [0.2, 0.25) is 0 Å².